The molecule has 0 aliphatic carbocycles. The van der Waals surface area contributed by atoms with Gasteiger partial charge in [-0.2, -0.15) is 5.10 Å². The van der Waals surface area contributed by atoms with Gasteiger partial charge in [-0.1, -0.05) is 0 Å². The Labute approximate surface area is 160 Å². The Morgan fingerprint density at radius 1 is 1.33 bits per heavy atom. The number of halogens is 1. The fraction of sp³-hybridized carbons (Fsp3) is 0.524. The first-order valence-electron chi connectivity index (χ1n) is 9.61. The molecule has 0 spiro atoms. The summed E-state index contributed by atoms with van der Waals surface area (Å²) in [6, 6.07) is 8.14. The summed E-state index contributed by atoms with van der Waals surface area (Å²) in [5, 5.41) is 4.49. The van der Waals surface area contributed by atoms with Gasteiger partial charge in [-0.15, -0.1) is 0 Å². The Hall–Kier alpha value is -2.37. The summed E-state index contributed by atoms with van der Waals surface area (Å²) >= 11 is 0. The second-order valence-electron chi connectivity index (χ2n) is 7.54. The van der Waals surface area contributed by atoms with E-state index in [-0.39, 0.29) is 17.8 Å². The highest BCUT2D eigenvalue weighted by Crippen LogP contribution is 2.22. The summed E-state index contributed by atoms with van der Waals surface area (Å²) < 4.78 is 20.7. The number of hydrogen-bond acceptors (Lipinski definition) is 3. The van der Waals surface area contributed by atoms with Crippen molar-refractivity contribution in [3.63, 3.8) is 0 Å². The van der Waals surface area contributed by atoms with Crippen LogP contribution in [0.5, 0.6) is 5.75 Å². The maximum absolute atomic E-state index is 13.0. The molecule has 1 saturated heterocycles. The third kappa shape index (κ3) is 5.08. The van der Waals surface area contributed by atoms with Gasteiger partial charge in [-0.25, -0.2) is 4.39 Å². The molecule has 0 bridgehead atoms. The van der Waals surface area contributed by atoms with Gasteiger partial charge in [0, 0.05) is 31.1 Å². The van der Waals surface area contributed by atoms with Crippen LogP contribution < -0.4 is 4.74 Å². The van der Waals surface area contributed by atoms with Crippen molar-refractivity contribution in [1.82, 2.24) is 14.7 Å². The van der Waals surface area contributed by atoms with E-state index >= 15 is 0 Å². The highest BCUT2D eigenvalue weighted by Gasteiger charge is 2.26. The van der Waals surface area contributed by atoms with Gasteiger partial charge in [0.2, 0.25) is 5.91 Å². The van der Waals surface area contributed by atoms with Crippen molar-refractivity contribution < 1.29 is 13.9 Å². The van der Waals surface area contributed by atoms with Gasteiger partial charge in [0.25, 0.3) is 0 Å². The largest absolute Gasteiger partial charge is 0.493 e. The van der Waals surface area contributed by atoms with E-state index in [0.717, 1.165) is 30.8 Å². The van der Waals surface area contributed by atoms with Crippen LogP contribution in [0.25, 0.3) is 0 Å². The maximum Gasteiger partial charge on any atom is 0.224 e. The Kier molecular flexibility index (Phi) is 6.14. The topological polar surface area (TPSA) is 47.4 Å². The quantitative estimate of drug-likeness (QED) is 0.771. The van der Waals surface area contributed by atoms with Gasteiger partial charge in [0.1, 0.15) is 11.6 Å². The lowest BCUT2D eigenvalue weighted by Gasteiger charge is -2.33. The number of rotatable bonds is 6. The normalized spacial score (nSPS) is 18.4. The minimum absolute atomic E-state index is 0.0436. The number of nitrogens with zero attached hydrogens (tertiary/aromatic N) is 3. The summed E-state index contributed by atoms with van der Waals surface area (Å²) in [6.45, 7) is 8.08. The lowest BCUT2D eigenvalue weighted by molar-refractivity contribution is -0.134. The minimum atomic E-state index is -0.270. The second-order valence-corrected chi connectivity index (χ2v) is 7.54. The second kappa shape index (κ2) is 8.55. The number of amides is 1. The summed E-state index contributed by atoms with van der Waals surface area (Å²) in [7, 11) is 0. The van der Waals surface area contributed by atoms with Crippen LogP contribution in [0.3, 0.4) is 0 Å². The first kappa shape index (κ1) is 19.4. The fourth-order valence-corrected chi connectivity index (χ4v) is 3.73. The van der Waals surface area contributed by atoms with Crippen molar-refractivity contribution in [1.29, 1.82) is 0 Å². The van der Waals surface area contributed by atoms with E-state index in [9.17, 15) is 9.18 Å². The molecule has 1 aromatic heterocycles. The van der Waals surface area contributed by atoms with Crippen molar-refractivity contribution in [2.24, 2.45) is 5.92 Å². The lowest BCUT2D eigenvalue weighted by atomic mass is 9.98. The summed E-state index contributed by atoms with van der Waals surface area (Å²) in [6.07, 6.45) is 2.48. The van der Waals surface area contributed by atoms with Gasteiger partial charge in [0.15, 0.2) is 0 Å². The molecular weight excluding hydrogens is 345 g/mol. The number of aromatic nitrogens is 2. The molecule has 1 aliphatic rings. The number of piperidine rings is 1. The van der Waals surface area contributed by atoms with Crippen LogP contribution in [-0.2, 0) is 4.79 Å². The predicted octanol–water partition coefficient (Wildman–Crippen LogP) is 3.91. The molecule has 0 N–H and O–H groups in total. The Bertz CT molecular complexity index is 772. The van der Waals surface area contributed by atoms with E-state index in [0.29, 0.717) is 31.2 Å². The molecular formula is C21H28FN3O2. The lowest BCUT2D eigenvalue weighted by Crippen LogP contribution is -2.42. The highest BCUT2D eigenvalue weighted by molar-refractivity contribution is 5.76. The van der Waals surface area contributed by atoms with Crippen molar-refractivity contribution >= 4 is 5.91 Å². The van der Waals surface area contributed by atoms with E-state index in [1.54, 1.807) is 12.1 Å². The molecule has 0 radical (unpaired) electrons. The highest BCUT2D eigenvalue weighted by atomic mass is 19.1. The zero-order valence-electron chi connectivity index (χ0n) is 16.3. The van der Waals surface area contributed by atoms with Crippen molar-refractivity contribution in [2.75, 3.05) is 19.7 Å². The van der Waals surface area contributed by atoms with Gasteiger partial charge in [-0.05, 0) is 63.9 Å². The average Bonchev–Trinajstić information content (AvgIpc) is 3.00. The van der Waals surface area contributed by atoms with E-state index < -0.39 is 0 Å². The molecule has 146 valence electrons. The third-order valence-electron chi connectivity index (χ3n) is 5.10. The zero-order valence-corrected chi connectivity index (χ0v) is 16.3. The van der Waals surface area contributed by atoms with Gasteiger partial charge >= 0.3 is 0 Å². The first-order chi connectivity index (χ1) is 12.9. The van der Waals surface area contributed by atoms with Crippen LogP contribution in [0.2, 0.25) is 0 Å². The number of aryl methyl sites for hydroxylation is 2. The zero-order chi connectivity index (χ0) is 19.4. The molecule has 1 amide bonds. The monoisotopic (exact) mass is 373 g/mol. The van der Waals surface area contributed by atoms with Crippen LogP contribution in [0.15, 0.2) is 30.3 Å². The molecule has 2 aromatic rings. The van der Waals surface area contributed by atoms with Crippen LogP contribution in [0.4, 0.5) is 4.39 Å². The van der Waals surface area contributed by atoms with Gasteiger partial charge in [-0.3, -0.25) is 9.48 Å². The molecule has 0 unspecified atom stereocenters. The number of benzene rings is 1. The standard InChI is InChI=1S/C21H28FN3O2/c1-15-11-16(2)25(23-15)17(3)12-21(26)24-10-4-5-18(13-24)14-27-20-8-6-19(22)7-9-20/h6-9,11,17-18H,4-5,10,12-14H2,1-3H3/t17-,18+/m1/s1. The van der Waals surface area contributed by atoms with E-state index in [1.807, 2.05) is 36.4 Å². The van der Waals surface area contributed by atoms with Gasteiger partial charge < -0.3 is 9.64 Å². The van der Waals surface area contributed by atoms with Crippen LogP contribution in [0.1, 0.15) is 43.6 Å². The number of carbonyl (C=O) groups excluding carboxylic acids is 1. The molecule has 27 heavy (non-hydrogen) atoms. The van der Waals surface area contributed by atoms with E-state index in [2.05, 4.69) is 5.10 Å². The SMILES string of the molecule is Cc1cc(C)n([C@H](C)CC(=O)N2CCC[C@H](COc3ccc(F)cc3)C2)n1. The number of carbonyl (C=O) groups is 1. The summed E-state index contributed by atoms with van der Waals surface area (Å²) in [5.41, 5.74) is 2.06. The van der Waals surface area contributed by atoms with E-state index in [4.69, 9.17) is 4.74 Å². The van der Waals surface area contributed by atoms with Crippen molar-refractivity contribution in [3.05, 3.63) is 47.5 Å². The molecule has 2 heterocycles. The minimum Gasteiger partial charge on any atom is -0.493 e. The predicted molar refractivity (Wildman–Crippen MR) is 102 cm³/mol. The Morgan fingerprint density at radius 2 is 2.07 bits per heavy atom. The molecule has 6 heteroatoms. The molecule has 1 fully saturated rings. The molecule has 1 aromatic carbocycles. The summed E-state index contributed by atoms with van der Waals surface area (Å²) in [4.78, 5) is 14.7. The van der Waals surface area contributed by atoms with Crippen molar-refractivity contribution in [2.45, 2.75) is 46.1 Å². The smallest absolute Gasteiger partial charge is 0.224 e. The summed E-state index contributed by atoms with van der Waals surface area (Å²) in [5.74, 6) is 0.866. The Balaban J connectivity index is 1.51. The third-order valence-corrected chi connectivity index (χ3v) is 5.10. The number of hydrogen-bond donors (Lipinski definition) is 0. The first-order valence-corrected chi connectivity index (χ1v) is 9.61. The molecule has 5 nitrogen and oxygen atoms in total. The van der Waals surface area contributed by atoms with Crippen LogP contribution in [0, 0.1) is 25.6 Å². The molecule has 3 rings (SSSR count). The maximum atomic E-state index is 13.0. The number of likely N-dealkylation sites (tertiary alicyclic amines) is 1. The Morgan fingerprint density at radius 3 is 2.74 bits per heavy atom. The van der Waals surface area contributed by atoms with E-state index in [1.165, 1.54) is 12.1 Å². The van der Waals surface area contributed by atoms with Crippen LogP contribution >= 0.6 is 0 Å². The molecule has 2 atom stereocenters. The average molecular weight is 373 g/mol. The molecule has 0 saturated carbocycles. The number of ether oxygens (including phenoxy) is 1. The van der Waals surface area contributed by atoms with Crippen LogP contribution in [-0.4, -0.2) is 40.3 Å². The fourth-order valence-electron chi connectivity index (χ4n) is 3.73. The van der Waals surface area contributed by atoms with Gasteiger partial charge in [0.05, 0.1) is 18.3 Å². The van der Waals surface area contributed by atoms with Crippen molar-refractivity contribution in [3.8, 4) is 5.75 Å². The molecule has 1 aliphatic heterocycles.